The quantitative estimate of drug-likeness (QED) is 0.887. The van der Waals surface area contributed by atoms with Crippen molar-refractivity contribution >= 4 is 23.5 Å². The maximum atomic E-state index is 13.7. The fourth-order valence-corrected chi connectivity index (χ4v) is 2.37. The third-order valence-corrected chi connectivity index (χ3v) is 3.37. The van der Waals surface area contributed by atoms with Gasteiger partial charge in [0.1, 0.15) is 12.4 Å². The molecule has 2 rings (SSSR count). The maximum absolute atomic E-state index is 13.7. The van der Waals surface area contributed by atoms with Crippen molar-refractivity contribution in [2.24, 2.45) is 5.92 Å². The van der Waals surface area contributed by atoms with Crippen LogP contribution in [0.3, 0.4) is 0 Å². The average Bonchev–Trinajstić information content (AvgIpc) is 2.79. The lowest BCUT2D eigenvalue weighted by molar-refractivity contribution is -0.145. The van der Waals surface area contributed by atoms with Crippen LogP contribution in [0.25, 0.3) is 0 Å². The number of para-hydroxylation sites is 1. The summed E-state index contributed by atoms with van der Waals surface area (Å²) in [6.07, 6.45) is -0.0445. The van der Waals surface area contributed by atoms with Crippen molar-refractivity contribution in [3.63, 3.8) is 0 Å². The average molecular weight is 294 g/mol. The molecular formula is C14H15FN2O4. The fraction of sp³-hybridized carbons (Fsp3) is 0.357. The van der Waals surface area contributed by atoms with E-state index in [4.69, 9.17) is 5.11 Å². The van der Waals surface area contributed by atoms with Gasteiger partial charge < -0.3 is 14.9 Å². The molecule has 1 fully saturated rings. The van der Waals surface area contributed by atoms with Crippen LogP contribution in [-0.4, -0.2) is 47.9 Å². The van der Waals surface area contributed by atoms with Crippen molar-refractivity contribution in [2.45, 2.75) is 6.42 Å². The first-order valence-electron chi connectivity index (χ1n) is 6.42. The van der Waals surface area contributed by atoms with Crippen molar-refractivity contribution in [1.82, 2.24) is 4.90 Å². The first-order chi connectivity index (χ1) is 9.90. The van der Waals surface area contributed by atoms with E-state index in [0.717, 1.165) is 4.90 Å². The second-order valence-electron chi connectivity index (χ2n) is 4.94. The summed E-state index contributed by atoms with van der Waals surface area (Å²) in [6.45, 7) is -0.369. The van der Waals surface area contributed by atoms with E-state index in [0.29, 0.717) is 0 Å². The van der Waals surface area contributed by atoms with Crippen molar-refractivity contribution in [1.29, 1.82) is 0 Å². The minimum absolute atomic E-state index is 0.0445. The highest BCUT2D eigenvalue weighted by Gasteiger charge is 2.37. The van der Waals surface area contributed by atoms with Gasteiger partial charge in [-0.05, 0) is 12.1 Å². The van der Waals surface area contributed by atoms with Crippen molar-refractivity contribution < 1.29 is 23.9 Å². The van der Waals surface area contributed by atoms with E-state index in [1.807, 2.05) is 0 Å². The summed E-state index contributed by atoms with van der Waals surface area (Å²) in [4.78, 5) is 36.9. The molecule has 0 radical (unpaired) electrons. The van der Waals surface area contributed by atoms with Gasteiger partial charge in [0.05, 0.1) is 11.6 Å². The monoisotopic (exact) mass is 294 g/mol. The summed E-state index contributed by atoms with van der Waals surface area (Å²) in [6, 6.07) is 5.84. The lowest BCUT2D eigenvalue weighted by Gasteiger charge is -2.20. The molecule has 1 aliphatic rings. The summed E-state index contributed by atoms with van der Waals surface area (Å²) in [7, 11) is 1.37. The summed E-state index contributed by atoms with van der Waals surface area (Å²) < 4.78 is 13.7. The van der Waals surface area contributed by atoms with E-state index in [1.54, 1.807) is 6.07 Å². The molecule has 1 heterocycles. The molecule has 0 saturated carbocycles. The molecule has 7 heteroatoms. The molecule has 0 aliphatic carbocycles. The van der Waals surface area contributed by atoms with Gasteiger partial charge in [0.25, 0.3) is 0 Å². The number of halogens is 1. The van der Waals surface area contributed by atoms with Crippen LogP contribution in [0.1, 0.15) is 6.42 Å². The van der Waals surface area contributed by atoms with E-state index in [-0.39, 0.29) is 24.6 Å². The maximum Gasteiger partial charge on any atom is 0.323 e. The number of amides is 2. The highest BCUT2D eigenvalue weighted by atomic mass is 19.1. The van der Waals surface area contributed by atoms with E-state index < -0.39 is 30.2 Å². The first-order valence-corrected chi connectivity index (χ1v) is 6.42. The minimum atomic E-state index is -1.12. The Morgan fingerprint density at radius 1 is 1.43 bits per heavy atom. The summed E-state index contributed by atoms with van der Waals surface area (Å²) in [5.41, 5.74) is 0.138. The molecule has 1 N–H and O–H groups in total. The molecule has 21 heavy (non-hydrogen) atoms. The second-order valence-corrected chi connectivity index (χ2v) is 4.94. The van der Waals surface area contributed by atoms with Crippen molar-refractivity contribution in [3.05, 3.63) is 30.1 Å². The van der Waals surface area contributed by atoms with Crippen LogP contribution >= 0.6 is 0 Å². The molecule has 0 spiro atoms. The molecule has 6 nitrogen and oxygen atoms in total. The number of likely N-dealkylation sites (N-methyl/N-ethyl adjacent to an activating group) is 1. The van der Waals surface area contributed by atoms with Gasteiger partial charge in [-0.3, -0.25) is 14.4 Å². The van der Waals surface area contributed by atoms with E-state index in [1.165, 1.54) is 30.1 Å². The van der Waals surface area contributed by atoms with Crippen LogP contribution in [0, 0.1) is 11.7 Å². The summed E-state index contributed by atoms with van der Waals surface area (Å²) in [5, 5.41) is 8.67. The van der Waals surface area contributed by atoms with Gasteiger partial charge >= 0.3 is 5.97 Å². The predicted molar refractivity (Wildman–Crippen MR) is 72.1 cm³/mol. The van der Waals surface area contributed by atoms with E-state index in [9.17, 15) is 18.8 Å². The predicted octanol–water partition coefficient (Wildman–Crippen LogP) is 0.722. The zero-order chi connectivity index (χ0) is 15.6. The summed E-state index contributed by atoms with van der Waals surface area (Å²) in [5.74, 6) is -3.08. The number of hydrogen-bond acceptors (Lipinski definition) is 3. The van der Waals surface area contributed by atoms with Crippen LogP contribution in [0.2, 0.25) is 0 Å². The largest absolute Gasteiger partial charge is 0.480 e. The number of rotatable bonds is 4. The van der Waals surface area contributed by atoms with Gasteiger partial charge in [-0.1, -0.05) is 12.1 Å². The van der Waals surface area contributed by atoms with Gasteiger partial charge in [0.2, 0.25) is 11.8 Å². The van der Waals surface area contributed by atoms with Crippen LogP contribution < -0.4 is 4.90 Å². The Labute approximate surface area is 120 Å². The number of anilines is 1. The molecule has 1 saturated heterocycles. The molecule has 2 amide bonds. The molecule has 112 valence electrons. The highest BCUT2D eigenvalue weighted by molar-refractivity contribution is 6.00. The van der Waals surface area contributed by atoms with Crippen molar-refractivity contribution in [2.75, 3.05) is 25.0 Å². The van der Waals surface area contributed by atoms with Gasteiger partial charge in [0.15, 0.2) is 0 Å². The van der Waals surface area contributed by atoms with Crippen LogP contribution in [0.5, 0.6) is 0 Å². The molecule has 0 bridgehead atoms. The number of carbonyl (C=O) groups is 3. The Morgan fingerprint density at radius 2 is 2.10 bits per heavy atom. The lowest BCUT2D eigenvalue weighted by atomic mass is 10.1. The highest BCUT2D eigenvalue weighted by Crippen LogP contribution is 2.27. The fourth-order valence-electron chi connectivity index (χ4n) is 2.37. The number of aliphatic carboxylic acids is 1. The van der Waals surface area contributed by atoms with Crippen LogP contribution in [0.15, 0.2) is 24.3 Å². The smallest absolute Gasteiger partial charge is 0.323 e. The third-order valence-electron chi connectivity index (χ3n) is 3.37. The van der Waals surface area contributed by atoms with Gasteiger partial charge in [0, 0.05) is 20.0 Å². The molecule has 1 aliphatic heterocycles. The van der Waals surface area contributed by atoms with Crippen molar-refractivity contribution in [3.8, 4) is 0 Å². The Hall–Kier alpha value is -2.44. The summed E-state index contributed by atoms with van der Waals surface area (Å²) >= 11 is 0. The zero-order valence-electron chi connectivity index (χ0n) is 11.5. The number of carboxylic acid groups (broad SMARTS) is 1. The minimum Gasteiger partial charge on any atom is -0.480 e. The Morgan fingerprint density at radius 3 is 2.71 bits per heavy atom. The van der Waals surface area contributed by atoms with Gasteiger partial charge in [-0.2, -0.15) is 0 Å². The normalized spacial score (nSPS) is 17.9. The Bertz CT molecular complexity index is 590. The van der Waals surface area contributed by atoms with E-state index in [2.05, 4.69) is 0 Å². The third kappa shape index (κ3) is 3.18. The number of benzene rings is 1. The Kier molecular flexibility index (Phi) is 4.21. The molecule has 0 aromatic heterocycles. The first kappa shape index (κ1) is 15.0. The molecule has 1 aromatic carbocycles. The number of carbonyl (C=O) groups excluding carboxylic acids is 2. The van der Waals surface area contributed by atoms with Crippen LogP contribution in [-0.2, 0) is 14.4 Å². The Balaban J connectivity index is 2.11. The topological polar surface area (TPSA) is 77.9 Å². The standard InChI is InChI=1S/C14H15FN2O4/c1-16(8-13(19)20)14(21)9-6-12(18)17(7-9)11-5-3-2-4-10(11)15/h2-5,9H,6-8H2,1H3,(H,19,20). The molecule has 1 unspecified atom stereocenters. The van der Waals surface area contributed by atoms with E-state index >= 15 is 0 Å². The second kappa shape index (κ2) is 5.90. The number of hydrogen-bond donors (Lipinski definition) is 1. The van der Waals surface area contributed by atoms with Gasteiger partial charge in [-0.15, -0.1) is 0 Å². The lowest BCUT2D eigenvalue weighted by Crippen LogP contribution is -2.37. The van der Waals surface area contributed by atoms with Crippen LogP contribution in [0.4, 0.5) is 10.1 Å². The zero-order valence-corrected chi connectivity index (χ0v) is 11.5. The number of carboxylic acids is 1. The SMILES string of the molecule is CN(CC(=O)O)C(=O)C1CC(=O)N(c2ccccc2F)C1. The molecular weight excluding hydrogens is 279 g/mol. The van der Waals surface area contributed by atoms with Gasteiger partial charge in [-0.25, -0.2) is 4.39 Å². The molecule has 1 atom stereocenters. The molecule has 1 aromatic rings. The number of nitrogens with zero attached hydrogens (tertiary/aromatic N) is 2.